The molecule has 7 nitrogen and oxygen atoms in total. The minimum Gasteiger partial charge on any atom is -0.281 e. The maximum Gasteiger partial charge on any atom is 0.271 e. The molecule has 0 atom stereocenters. The molecule has 3 aromatic rings. The summed E-state index contributed by atoms with van der Waals surface area (Å²) in [4.78, 5) is 33.6. The van der Waals surface area contributed by atoms with Crippen molar-refractivity contribution in [1.82, 2.24) is 4.57 Å². The Balaban J connectivity index is 2.28. The van der Waals surface area contributed by atoms with E-state index >= 15 is 0 Å². The van der Waals surface area contributed by atoms with Crippen molar-refractivity contribution in [3.05, 3.63) is 80.1 Å². The molecule has 7 heteroatoms. The predicted octanol–water partition coefficient (Wildman–Crippen LogP) is 3.30. The Morgan fingerprint density at radius 3 is 2.59 bits per heavy atom. The van der Waals surface area contributed by atoms with Crippen LogP contribution in [0, 0.1) is 15.0 Å². The smallest absolute Gasteiger partial charge is 0.271 e. The van der Waals surface area contributed by atoms with Crippen LogP contribution in [-0.2, 0) is 0 Å². The molecule has 0 saturated heterocycles. The van der Waals surface area contributed by atoms with Gasteiger partial charge in [-0.2, -0.15) is 0 Å². The quantitative estimate of drug-likeness (QED) is 0.421. The number of nitrogens with zero attached hydrogens (tertiary/aromatic N) is 3. The highest BCUT2D eigenvalue weighted by Crippen LogP contribution is 2.27. The van der Waals surface area contributed by atoms with E-state index in [1.165, 1.54) is 22.9 Å². The summed E-state index contributed by atoms with van der Waals surface area (Å²) < 4.78 is 1.25. The van der Waals surface area contributed by atoms with Crippen molar-refractivity contribution >= 4 is 22.1 Å². The molecular formula is C15H9N3O4. The maximum absolute atomic E-state index is 12.5. The molecule has 0 unspecified atom stereocenters. The van der Waals surface area contributed by atoms with E-state index in [1.807, 2.05) is 6.07 Å². The minimum atomic E-state index is -0.623. The van der Waals surface area contributed by atoms with Crippen molar-refractivity contribution < 1.29 is 4.92 Å². The molecule has 0 spiro atoms. The topological polar surface area (TPSA) is 94.6 Å². The molecule has 1 heterocycles. The standard InChI is InChI=1S/C15H9N3O4/c19-15-12-4-2-1-3-10(12)7-8-17(15)14-6-5-11(18(21)22)9-13(14)16-20/h1-9H. The SMILES string of the molecule is O=Nc1cc([N+](=O)[O-])ccc1-n1ccc2ccccc2c1=O. The number of benzene rings is 2. The number of nitro benzene ring substituents is 1. The zero-order valence-corrected chi connectivity index (χ0v) is 11.2. The van der Waals surface area contributed by atoms with E-state index in [4.69, 9.17) is 0 Å². The van der Waals surface area contributed by atoms with E-state index in [9.17, 15) is 19.8 Å². The summed E-state index contributed by atoms with van der Waals surface area (Å²) in [6, 6.07) is 12.4. The highest BCUT2D eigenvalue weighted by Gasteiger charge is 2.14. The van der Waals surface area contributed by atoms with Crippen molar-refractivity contribution in [1.29, 1.82) is 0 Å². The first kappa shape index (κ1) is 13.6. The van der Waals surface area contributed by atoms with Gasteiger partial charge in [0.25, 0.3) is 11.2 Å². The first-order valence-corrected chi connectivity index (χ1v) is 6.34. The minimum absolute atomic E-state index is 0.161. The van der Waals surface area contributed by atoms with Crippen LogP contribution in [-0.4, -0.2) is 9.49 Å². The third kappa shape index (κ3) is 2.14. The number of nitroso groups, excluding NO2 is 1. The molecule has 0 bridgehead atoms. The molecule has 22 heavy (non-hydrogen) atoms. The van der Waals surface area contributed by atoms with E-state index in [-0.39, 0.29) is 22.6 Å². The molecule has 3 rings (SSSR count). The van der Waals surface area contributed by atoms with Crippen molar-refractivity contribution in [3.63, 3.8) is 0 Å². The molecule has 0 radical (unpaired) electrons. The molecular weight excluding hydrogens is 286 g/mol. The average Bonchev–Trinajstić information content (AvgIpc) is 2.55. The van der Waals surface area contributed by atoms with E-state index in [1.54, 1.807) is 24.3 Å². The lowest BCUT2D eigenvalue weighted by Gasteiger charge is -2.08. The molecule has 0 amide bonds. The van der Waals surface area contributed by atoms with Gasteiger partial charge in [-0.15, -0.1) is 4.91 Å². The molecule has 0 aliphatic carbocycles. The Morgan fingerprint density at radius 2 is 1.86 bits per heavy atom. The Bertz CT molecular complexity index is 962. The number of hydrogen-bond acceptors (Lipinski definition) is 5. The molecule has 0 N–H and O–H groups in total. The lowest BCUT2D eigenvalue weighted by atomic mass is 10.1. The summed E-state index contributed by atoms with van der Waals surface area (Å²) in [5.74, 6) is 0. The van der Waals surface area contributed by atoms with Crippen LogP contribution in [0.5, 0.6) is 0 Å². The fourth-order valence-corrected chi connectivity index (χ4v) is 2.28. The van der Waals surface area contributed by atoms with Gasteiger partial charge in [-0.1, -0.05) is 18.2 Å². The highest BCUT2D eigenvalue weighted by molar-refractivity contribution is 5.82. The van der Waals surface area contributed by atoms with Crippen LogP contribution >= 0.6 is 0 Å². The fourth-order valence-electron chi connectivity index (χ4n) is 2.28. The number of pyridine rings is 1. The second-order valence-electron chi connectivity index (χ2n) is 4.60. The molecule has 0 fully saturated rings. The van der Waals surface area contributed by atoms with Crippen LogP contribution in [0.4, 0.5) is 11.4 Å². The third-order valence-corrected chi connectivity index (χ3v) is 3.34. The van der Waals surface area contributed by atoms with Gasteiger partial charge in [0.2, 0.25) is 0 Å². The van der Waals surface area contributed by atoms with E-state index in [0.29, 0.717) is 5.39 Å². The second-order valence-corrected chi connectivity index (χ2v) is 4.60. The number of rotatable bonds is 3. The fraction of sp³-hybridized carbons (Fsp3) is 0. The van der Waals surface area contributed by atoms with Gasteiger partial charge < -0.3 is 0 Å². The summed E-state index contributed by atoms with van der Waals surface area (Å²) in [6.07, 6.45) is 1.51. The van der Waals surface area contributed by atoms with Crippen LogP contribution in [0.1, 0.15) is 0 Å². The second kappa shape index (κ2) is 5.21. The summed E-state index contributed by atoms with van der Waals surface area (Å²) in [6.45, 7) is 0. The van der Waals surface area contributed by atoms with Crippen LogP contribution in [0.25, 0.3) is 16.5 Å². The van der Waals surface area contributed by atoms with Crippen molar-refractivity contribution in [2.75, 3.05) is 0 Å². The Kier molecular flexibility index (Phi) is 3.23. The lowest BCUT2D eigenvalue weighted by Crippen LogP contribution is -2.17. The zero-order valence-electron chi connectivity index (χ0n) is 11.2. The molecule has 108 valence electrons. The van der Waals surface area contributed by atoms with Gasteiger partial charge in [-0.3, -0.25) is 19.5 Å². The number of non-ortho nitro benzene ring substituents is 1. The van der Waals surface area contributed by atoms with Crippen LogP contribution in [0.2, 0.25) is 0 Å². The van der Waals surface area contributed by atoms with Gasteiger partial charge in [-0.25, -0.2) is 0 Å². The summed E-state index contributed by atoms with van der Waals surface area (Å²) in [5.41, 5.74) is -0.535. The normalized spacial score (nSPS) is 10.5. The summed E-state index contributed by atoms with van der Waals surface area (Å²) >= 11 is 0. The molecule has 0 saturated carbocycles. The third-order valence-electron chi connectivity index (χ3n) is 3.34. The average molecular weight is 295 g/mol. The van der Waals surface area contributed by atoms with Gasteiger partial charge in [0, 0.05) is 23.7 Å². The summed E-state index contributed by atoms with van der Waals surface area (Å²) in [5, 5.41) is 14.8. The van der Waals surface area contributed by atoms with Crippen LogP contribution in [0.15, 0.2) is 64.7 Å². The summed E-state index contributed by atoms with van der Waals surface area (Å²) in [7, 11) is 0. The Labute approximate surface area is 123 Å². The number of hydrogen-bond donors (Lipinski definition) is 0. The predicted molar refractivity (Wildman–Crippen MR) is 81.7 cm³/mol. The Hall–Kier alpha value is -3.35. The van der Waals surface area contributed by atoms with Crippen LogP contribution in [0.3, 0.4) is 0 Å². The van der Waals surface area contributed by atoms with Crippen molar-refractivity contribution in [2.24, 2.45) is 5.18 Å². The van der Waals surface area contributed by atoms with E-state index < -0.39 is 4.92 Å². The van der Waals surface area contributed by atoms with Gasteiger partial charge in [0.15, 0.2) is 0 Å². The number of nitro groups is 1. The number of aromatic nitrogens is 1. The van der Waals surface area contributed by atoms with Crippen molar-refractivity contribution in [2.45, 2.75) is 0 Å². The van der Waals surface area contributed by atoms with Gasteiger partial charge in [0.05, 0.1) is 10.6 Å². The molecule has 1 aromatic heterocycles. The largest absolute Gasteiger partial charge is 0.281 e. The van der Waals surface area contributed by atoms with Gasteiger partial charge >= 0.3 is 0 Å². The van der Waals surface area contributed by atoms with E-state index in [2.05, 4.69) is 5.18 Å². The van der Waals surface area contributed by atoms with E-state index in [0.717, 1.165) is 11.5 Å². The molecule has 0 aliphatic rings. The Morgan fingerprint density at radius 1 is 1.09 bits per heavy atom. The number of fused-ring (bicyclic) bond motifs is 1. The van der Waals surface area contributed by atoms with Crippen LogP contribution < -0.4 is 5.56 Å². The van der Waals surface area contributed by atoms with Crippen molar-refractivity contribution in [3.8, 4) is 5.69 Å². The molecule has 2 aromatic carbocycles. The highest BCUT2D eigenvalue weighted by atomic mass is 16.6. The van der Waals surface area contributed by atoms with Gasteiger partial charge in [0.1, 0.15) is 5.69 Å². The first-order chi connectivity index (χ1) is 10.6. The monoisotopic (exact) mass is 295 g/mol. The molecule has 0 aliphatic heterocycles. The first-order valence-electron chi connectivity index (χ1n) is 6.34. The van der Waals surface area contributed by atoms with Gasteiger partial charge in [-0.05, 0) is 28.8 Å². The lowest BCUT2D eigenvalue weighted by molar-refractivity contribution is -0.384. The zero-order chi connectivity index (χ0) is 15.7. The maximum atomic E-state index is 12.5.